The summed E-state index contributed by atoms with van der Waals surface area (Å²) in [5.41, 5.74) is 6.92. The first kappa shape index (κ1) is 20.4. The van der Waals surface area contributed by atoms with Gasteiger partial charge in [-0.05, 0) is 66.6 Å². The predicted molar refractivity (Wildman–Crippen MR) is 128 cm³/mol. The molecule has 0 amide bonds. The second-order valence-corrected chi connectivity index (χ2v) is 8.92. The van der Waals surface area contributed by atoms with Crippen LogP contribution in [0.2, 0.25) is 0 Å². The molecular formula is C26H23N3O2S. The van der Waals surface area contributed by atoms with E-state index in [0.29, 0.717) is 0 Å². The maximum absolute atomic E-state index is 11.1. The van der Waals surface area contributed by atoms with E-state index in [4.69, 9.17) is 4.99 Å². The average Bonchev–Trinajstić information content (AvgIpc) is 3.23. The zero-order chi connectivity index (χ0) is 22.1. The Morgan fingerprint density at radius 2 is 1.78 bits per heavy atom. The number of benzene rings is 3. The first-order valence-corrected chi connectivity index (χ1v) is 11.6. The van der Waals surface area contributed by atoms with Gasteiger partial charge < -0.3 is 4.57 Å². The molecule has 0 saturated carbocycles. The third-order valence-corrected chi connectivity index (χ3v) is 6.94. The molecule has 160 valence electrons. The minimum absolute atomic E-state index is 0.100. The van der Waals surface area contributed by atoms with Crippen molar-refractivity contribution < 1.29 is 4.92 Å². The highest BCUT2D eigenvalue weighted by molar-refractivity contribution is 7.07. The molecule has 0 bridgehead atoms. The fraction of sp³-hybridized carbons (Fsp3) is 0.192. The van der Waals surface area contributed by atoms with E-state index in [1.54, 1.807) is 23.5 Å². The van der Waals surface area contributed by atoms with Crippen molar-refractivity contribution in [3.8, 4) is 11.3 Å². The summed E-state index contributed by atoms with van der Waals surface area (Å²) in [6.45, 7) is 2.07. The fourth-order valence-corrected chi connectivity index (χ4v) is 5.41. The lowest BCUT2D eigenvalue weighted by atomic mass is 9.87. The first-order valence-electron chi connectivity index (χ1n) is 10.7. The van der Waals surface area contributed by atoms with Gasteiger partial charge in [-0.25, -0.2) is 4.99 Å². The highest BCUT2D eigenvalue weighted by atomic mass is 32.1. The molecule has 1 aliphatic carbocycles. The number of thiazole rings is 1. The Kier molecular flexibility index (Phi) is 5.45. The second-order valence-electron chi connectivity index (χ2n) is 8.08. The molecule has 1 atom stereocenters. The van der Waals surface area contributed by atoms with Gasteiger partial charge in [0.15, 0.2) is 4.80 Å². The van der Waals surface area contributed by atoms with Gasteiger partial charge in [0.2, 0.25) is 0 Å². The molecule has 4 aromatic rings. The minimum Gasteiger partial charge on any atom is -0.309 e. The lowest BCUT2D eigenvalue weighted by molar-refractivity contribution is -0.384. The summed E-state index contributed by atoms with van der Waals surface area (Å²) in [5, 5.41) is 13.2. The van der Waals surface area contributed by atoms with Gasteiger partial charge in [-0.2, -0.15) is 0 Å². The molecule has 3 aromatic carbocycles. The lowest BCUT2D eigenvalue weighted by Crippen LogP contribution is -2.26. The van der Waals surface area contributed by atoms with E-state index in [1.165, 1.54) is 11.1 Å². The number of nitrogens with zero attached hydrogens (tertiary/aromatic N) is 3. The van der Waals surface area contributed by atoms with Gasteiger partial charge >= 0.3 is 0 Å². The summed E-state index contributed by atoms with van der Waals surface area (Å²) in [7, 11) is 0. The van der Waals surface area contributed by atoms with Crippen molar-refractivity contribution in [1.29, 1.82) is 0 Å². The van der Waals surface area contributed by atoms with Crippen molar-refractivity contribution in [2.75, 3.05) is 0 Å². The van der Waals surface area contributed by atoms with E-state index in [1.807, 2.05) is 30.3 Å². The molecule has 1 aromatic heterocycles. The molecule has 1 unspecified atom stereocenters. The number of aromatic nitrogens is 1. The van der Waals surface area contributed by atoms with E-state index in [0.717, 1.165) is 46.6 Å². The Hall–Kier alpha value is -3.51. The van der Waals surface area contributed by atoms with Gasteiger partial charge in [0.25, 0.3) is 5.69 Å². The standard InChI is InChI=1S/C26H23N3O2S/c1-18-7-2-5-11-23(18)27-26-28(24-12-6-9-19-8-3-4-10-22(19)24)25(17-32-26)20-13-15-21(16-14-20)29(30)31/h2-5,7-8,10-11,13-17,24H,6,9,12H2,1H3. The van der Waals surface area contributed by atoms with Crippen molar-refractivity contribution in [1.82, 2.24) is 4.57 Å². The zero-order valence-corrected chi connectivity index (χ0v) is 18.6. The summed E-state index contributed by atoms with van der Waals surface area (Å²) < 4.78 is 2.33. The molecule has 1 heterocycles. The number of hydrogen-bond donors (Lipinski definition) is 0. The molecule has 5 rings (SSSR count). The summed E-state index contributed by atoms with van der Waals surface area (Å²) in [4.78, 5) is 16.8. The zero-order valence-electron chi connectivity index (χ0n) is 17.8. The Morgan fingerprint density at radius 1 is 1.03 bits per heavy atom. The molecule has 6 heteroatoms. The lowest BCUT2D eigenvalue weighted by Gasteiger charge is -2.28. The van der Waals surface area contributed by atoms with Crippen LogP contribution in [0.25, 0.3) is 11.3 Å². The van der Waals surface area contributed by atoms with E-state index < -0.39 is 0 Å². The number of rotatable bonds is 4. The van der Waals surface area contributed by atoms with Crippen LogP contribution in [0.15, 0.2) is 83.2 Å². The number of nitro groups is 1. The Balaban J connectivity index is 1.72. The SMILES string of the molecule is Cc1ccccc1N=c1scc(-c2ccc([N+](=O)[O-])cc2)n1C1CCCc2ccccc21. The summed E-state index contributed by atoms with van der Waals surface area (Å²) in [6, 6.07) is 23.8. The largest absolute Gasteiger partial charge is 0.309 e. The molecule has 0 saturated heterocycles. The van der Waals surface area contributed by atoms with Gasteiger partial charge in [0.1, 0.15) is 0 Å². The van der Waals surface area contributed by atoms with Gasteiger partial charge in [0.05, 0.1) is 22.3 Å². The number of non-ortho nitro benzene ring substituents is 1. The van der Waals surface area contributed by atoms with E-state index in [9.17, 15) is 10.1 Å². The van der Waals surface area contributed by atoms with Crippen molar-refractivity contribution in [3.05, 3.63) is 110 Å². The average molecular weight is 442 g/mol. The first-order chi connectivity index (χ1) is 15.6. The molecule has 0 spiro atoms. The fourth-order valence-electron chi connectivity index (χ4n) is 4.46. The molecule has 0 aliphatic heterocycles. The Morgan fingerprint density at radius 3 is 2.56 bits per heavy atom. The van der Waals surface area contributed by atoms with Crippen LogP contribution in [0.5, 0.6) is 0 Å². The topological polar surface area (TPSA) is 60.4 Å². The summed E-state index contributed by atoms with van der Waals surface area (Å²) in [6.07, 6.45) is 3.25. The number of hydrogen-bond acceptors (Lipinski definition) is 4. The van der Waals surface area contributed by atoms with Crippen LogP contribution in [0.1, 0.15) is 35.6 Å². The van der Waals surface area contributed by atoms with Crippen LogP contribution < -0.4 is 4.80 Å². The number of aryl methyl sites for hydroxylation is 2. The maximum Gasteiger partial charge on any atom is 0.269 e. The van der Waals surface area contributed by atoms with E-state index >= 15 is 0 Å². The van der Waals surface area contributed by atoms with Crippen LogP contribution in [-0.4, -0.2) is 9.49 Å². The number of para-hydroxylation sites is 1. The van der Waals surface area contributed by atoms with Gasteiger partial charge in [-0.3, -0.25) is 10.1 Å². The predicted octanol–water partition coefficient (Wildman–Crippen LogP) is 6.59. The van der Waals surface area contributed by atoms with Crippen LogP contribution in [0.4, 0.5) is 11.4 Å². The highest BCUT2D eigenvalue weighted by Gasteiger charge is 2.25. The van der Waals surface area contributed by atoms with Crippen molar-refractivity contribution in [3.63, 3.8) is 0 Å². The molecule has 0 N–H and O–H groups in total. The van der Waals surface area contributed by atoms with E-state index in [-0.39, 0.29) is 16.7 Å². The third-order valence-electron chi connectivity index (χ3n) is 6.10. The Bertz CT molecular complexity index is 1350. The van der Waals surface area contributed by atoms with Crippen molar-refractivity contribution >= 4 is 22.7 Å². The smallest absolute Gasteiger partial charge is 0.269 e. The van der Waals surface area contributed by atoms with Crippen molar-refractivity contribution in [2.45, 2.75) is 32.2 Å². The van der Waals surface area contributed by atoms with E-state index in [2.05, 4.69) is 47.2 Å². The monoisotopic (exact) mass is 441 g/mol. The third kappa shape index (κ3) is 3.78. The van der Waals surface area contributed by atoms with Crippen LogP contribution in [0.3, 0.4) is 0 Å². The summed E-state index contributed by atoms with van der Waals surface area (Å²) >= 11 is 1.62. The number of nitro benzene ring substituents is 1. The molecule has 32 heavy (non-hydrogen) atoms. The van der Waals surface area contributed by atoms with Gasteiger partial charge in [-0.1, -0.05) is 42.5 Å². The molecular weight excluding hydrogens is 418 g/mol. The second kappa shape index (κ2) is 8.55. The molecule has 5 nitrogen and oxygen atoms in total. The normalized spacial score (nSPS) is 16.0. The highest BCUT2D eigenvalue weighted by Crippen LogP contribution is 2.36. The van der Waals surface area contributed by atoms with Crippen LogP contribution in [-0.2, 0) is 6.42 Å². The summed E-state index contributed by atoms with van der Waals surface area (Å²) in [5.74, 6) is 0. The molecule has 0 fully saturated rings. The molecule has 1 aliphatic rings. The molecule has 0 radical (unpaired) electrons. The van der Waals surface area contributed by atoms with Gasteiger partial charge in [0, 0.05) is 17.5 Å². The van der Waals surface area contributed by atoms with Crippen LogP contribution >= 0.6 is 11.3 Å². The maximum atomic E-state index is 11.1. The quantitative estimate of drug-likeness (QED) is 0.265. The van der Waals surface area contributed by atoms with Crippen molar-refractivity contribution in [2.24, 2.45) is 4.99 Å². The number of fused-ring (bicyclic) bond motifs is 1. The van der Waals surface area contributed by atoms with Gasteiger partial charge in [-0.15, -0.1) is 11.3 Å². The minimum atomic E-state index is -0.359. The Labute approximate surface area is 190 Å². The van der Waals surface area contributed by atoms with Crippen LogP contribution in [0, 0.1) is 17.0 Å².